The summed E-state index contributed by atoms with van der Waals surface area (Å²) in [6, 6.07) is 0. The van der Waals surface area contributed by atoms with E-state index in [0.29, 0.717) is 0 Å². The lowest BCUT2D eigenvalue weighted by molar-refractivity contribution is -0.131. The molecule has 1 aliphatic rings. The number of morpholine rings is 1. The summed E-state index contributed by atoms with van der Waals surface area (Å²) in [6.07, 6.45) is -0.526. The second-order valence-electron chi connectivity index (χ2n) is 5.06. The molecule has 3 N–H and O–H groups in total. The van der Waals surface area contributed by atoms with Gasteiger partial charge in [-0.2, -0.15) is 4.31 Å². The number of nitrogens with zero attached hydrogens (tertiary/aromatic N) is 1. The number of aliphatic hydroxyl groups excluding tert-OH is 1. The minimum absolute atomic E-state index is 0.0557. The van der Waals surface area contributed by atoms with Gasteiger partial charge in [0.05, 0.1) is 23.3 Å². The molecule has 0 amide bonds. The molecule has 1 saturated heterocycles. The zero-order chi connectivity index (χ0) is 14.1. The number of hydrogen-bond acceptors (Lipinski definition) is 5. The average Bonchev–Trinajstić information content (AvgIpc) is 2.25. The van der Waals surface area contributed by atoms with Crippen molar-refractivity contribution >= 4 is 27.2 Å². The lowest BCUT2D eigenvalue weighted by Crippen LogP contribution is -2.57. The summed E-state index contributed by atoms with van der Waals surface area (Å²) in [6.45, 7) is 5.14. The van der Waals surface area contributed by atoms with Gasteiger partial charge in [0.1, 0.15) is 5.25 Å². The summed E-state index contributed by atoms with van der Waals surface area (Å²) >= 11 is 4.74. The molecular weight excluding hydrogens is 276 g/mol. The van der Waals surface area contributed by atoms with Gasteiger partial charge in [-0.3, -0.25) is 0 Å². The zero-order valence-electron chi connectivity index (χ0n) is 10.8. The van der Waals surface area contributed by atoms with E-state index in [0.717, 1.165) is 0 Å². The van der Waals surface area contributed by atoms with Crippen molar-refractivity contribution < 1.29 is 18.3 Å². The maximum Gasteiger partial charge on any atom is 0.223 e. The maximum absolute atomic E-state index is 12.3. The van der Waals surface area contributed by atoms with Crippen LogP contribution in [0.3, 0.4) is 0 Å². The molecule has 1 fully saturated rings. The topological polar surface area (TPSA) is 92.9 Å². The Labute approximate surface area is 113 Å². The molecule has 0 aromatic rings. The van der Waals surface area contributed by atoms with Crippen molar-refractivity contribution in [3.63, 3.8) is 0 Å². The third kappa shape index (κ3) is 3.39. The third-order valence-electron chi connectivity index (χ3n) is 2.86. The first kappa shape index (κ1) is 15.8. The summed E-state index contributed by atoms with van der Waals surface area (Å²) in [5.41, 5.74) is 4.76. The first-order chi connectivity index (χ1) is 8.10. The summed E-state index contributed by atoms with van der Waals surface area (Å²) < 4.78 is 31.5. The quantitative estimate of drug-likeness (QED) is 0.677. The van der Waals surface area contributed by atoms with E-state index < -0.39 is 27.0 Å². The Balaban J connectivity index is 2.98. The maximum atomic E-state index is 12.3. The molecule has 1 aliphatic heterocycles. The average molecular weight is 296 g/mol. The van der Waals surface area contributed by atoms with Gasteiger partial charge in [-0.1, -0.05) is 12.2 Å². The normalized spacial score (nSPS) is 26.8. The van der Waals surface area contributed by atoms with Crippen LogP contribution in [0.25, 0.3) is 0 Å². The second kappa shape index (κ2) is 5.38. The minimum Gasteiger partial charge on any atom is -0.394 e. The molecule has 2 unspecified atom stereocenters. The largest absolute Gasteiger partial charge is 0.394 e. The van der Waals surface area contributed by atoms with Crippen LogP contribution in [0.4, 0.5) is 0 Å². The fourth-order valence-corrected chi connectivity index (χ4v) is 3.87. The fraction of sp³-hybridized carbons (Fsp3) is 0.900. The van der Waals surface area contributed by atoms with Gasteiger partial charge in [-0.25, -0.2) is 8.42 Å². The molecule has 2 atom stereocenters. The Kier molecular flexibility index (Phi) is 4.71. The van der Waals surface area contributed by atoms with Crippen molar-refractivity contribution in [2.75, 3.05) is 19.7 Å². The highest BCUT2D eigenvalue weighted by Crippen LogP contribution is 2.24. The van der Waals surface area contributed by atoms with Crippen LogP contribution in [0.15, 0.2) is 0 Å². The number of nitrogens with two attached hydrogens (primary N) is 1. The lowest BCUT2D eigenvalue weighted by atomic mass is 10.1. The molecule has 0 aliphatic carbocycles. The van der Waals surface area contributed by atoms with Crippen molar-refractivity contribution in [3.05, 3.63) is 0 Å². The predicted molar refractivity (Wildman–Crippen MR) is 72.8 cm³/mol. The molecule has 0 saturated carbocycles. The van der Waals surface area contributed by atoms with Crippen LogP contribution in [0, 0.1) is 0 Å². The second-order valence-corrected chi connectivity index (χ2v) is 7.79. The Morgan fingerprint density at radius 2 is 2.22 bits per heavy atom. The van der Waals surface area contributed by atoms with Crippen LogP contribution in [0.1, 0.15) is 20.8 Å². The molecule has 8 heteroatoms. The van der Waals surface area contributed by atoms with Crippen LogP contribution < -0.4 is 5.73 Å². The monoisotopic (exact) mass is 296 g/mol. The highest BCUT2D eigenvalue weighted by Gasteiger charge is 2.41. The lowest BCUT2D eigenvalue weighted by Gasteiger charge is -2.42. The Morgan fingerprint density at radius 1 is 1.67 bits per heavy atom. The van der Waals surface area contributed by atoms with E-state index in [1.807, 2.05) is 0 Å². The fourth-order valence-electron chi connectivity index (χ4n) is 1.90. The number of hydrogen-bond donors (Lipinski definition) is 2. The number of ether oxygens (including phenoxy) is 1. The molecule has 1 rings (SSSR count). The van der Waals surface area contributed by atoms with Crippen molar-refractivity contribution in [3.8, 4) is 0 Å². The predicted octanol–water partition coefficient (Wildman–Crippen LogP) is -0.537. The summed E-state index contributed by atoms with van der Waals surface area (Å²) in [4.78, 5) is -0.0557. The summed E-state index contributed by atoms with van der Waals surface area (Å²) in [5, 5.41) is 8.24. The molecule has 0 aromatic heterocycles. The first-order valence-corrected chi connectivity index (χ1v) is 7.58. The van der Waals surface area contributed by atoms with Crippen LogP contribution in [0.2, 0.25) is 0 Å². The smallest absolute Gasteiger partial charge is 0.223 e. The molecule has 1 heterocycles. The number of thiocarbonyl (C=S) groups is 1. The van der Waals surface area contributed by atoms with E-state index in [9.17, 15) is 8.42 Å². The molecule has 0 radical (unpaired) electrons. The standard InChI is InChI=1S/C10H20N2O4S2/c1-7(9(11)17)18(14,15)12-4-8(5-13)16-10(2,3)6-12/h7-8,13H,4-6H2,1-3H3,(H2,11,17). The van der Waals surface area contributed by atoms with E-state index in [2.05, 4.69) is 0 Å². The van der Waals surface area contributed by atoms with Crippen molar-refractivity contribution in [1.82, 2.24) is 4.31 Å². The van der Waals surface area contributed by atoms with Crippen molar-refractivity contribution in [1.29, 1.82) is 0 Å². The van der Waals surface area contributed by atoms with Crippen molar-refractivity contribution in [2.45, 2.75) is 37.7 Å². The molecule has 6 nitrogen and oxygen atoms in total. The van der Waals surface area contributed by atoms with Crippen LogP contribution >= 0.6 is 12.2 Å². The molecule has 106 valence electrons. The van der Waals surface area contributed by atoms with Gasteiger partial charge in [-0.15, -0.1) is 0 Å². The van der Waals surface area contributed by atoms with Gasteiger partial charge in [0.2, 0.25) is 10.0 Å². The van der Waals surface area contributed by atoms with E-state index >= 15 is 0 Å². The van der Waals surface area contributed by atoms with Gasteiger partial charge in [0.25, 0.3) is 0 Å². The molecule has 0 aromatic carbocycles. The third-order valence-corrected chi connectivity index (χ3v) is 5.51. The van der Waals surface area contributed by atoms with E-state index in [4.69, 9.17) is 27.8 Å². The van der Waals surface area contributed by atoms with E-state index in [-0.39, 0.29) is 24.7 Å². The molecule has 0 bridgehead atoms. The Morgan fingerprint density at radius 3 is 2.67 bits per heavy atom. The number of sulfonamides is 1. The first-order valence-electron chi connectivity index (χ1n) is 5.67. The SMILES string of the molecule is CC(C(N)=S)S(=O)(=O)N1CC(CO)OC(C)(C)C1. The van der Waals surface area contributed by atoms with Crippen LogP contribution in [-0.4, -0.2) is 59.5 Å². The molecular formula is C10H20N2O4S2. The highest BCUT2D eigenvalue weighted by molar-refractivity contribution is 7.92. The minimum atomic E-state index is -3.60. The van der Waals surface area contributed by atoms with E-state index in [1.165, 1.54) is 11.2 Å². The van der Waals surface area contributed by atoms with Gasteiger partial charge in [-0.05, 0) is 20.8 Å². The Hall–Kier alpha value is -0.280. The van der Waals surface area contributed by atoms with Gasteiger partial charge in [0, 0.05) is 13.1 Å². The van der Waals surface area contributed by atoms with Crippen LogP contribution in [0.5, 0.6) is 0 Å². The molecule has 0 spiro atoms. The van der Waals surface area contributed by atoms with Gasteiger partial charge < -0.3 is 15.6 Å². The highest BCUT2D eigenvalue weighted by atomic mass is 32.2. The number of aliphatic hydroxyl groups is 1. The van der Waals surface area contributed by atoms with Gasteiger partial charge >= 0.3 is 0 Å². The van der Waals surface area contributed by atoms with Crippen molar-refractivity contribution in [2.24, 2.45) is 5.73 Å². The summed E-state index contributed by atoms with van der Waals surface area (Å²) in [5.74, 6) is 0. The van der Waals surface area contributed by atoms with E-state index in [1.54, 1.807) is 13.8 Å². The Bertz CT molecular complexity index is 422. The van der Waals surface area contributed by atoms with Gasteiger partial charge in [0.15, 0.2) is 0 Å². The number of rotatable bonds is 4. The summed E-state index contributed by atoms with van der Waals surface area (Å²) in [7, 11) is -3.60. The molecule has 18 heavy (non-hydrogen) atoms. The zero-order valence-corrected chi connectivity index (χ0v) is 12.4. The van der Waals surface area contributed by atoms with Crippen LogP contribution in [-0.2, 0) is 14.8 Å².